The molecule has 1 aromatic rings. The van der Waals surface area contributed by atoms with Crippen molar-refractivity contribution < 1.29 is 4.42 Å². The van der Waals surface area contributed by atoms with Gasteiger partial charge in [-0.2, -0.15) is 0 Å². The lowest BCUT2D eigenvalue weighted by atomic mass is 10.1. The molecule has 14 heavy (non-hydrogen) atoms. The summed E-state index contributed by atoms with van der Waals surface area (Å²) in [5.41, 5.74) is 6.75. The van der Waals surface area contributed by atoms with Crippen LogP contribution in [-0.4, -0.2) is 11.5 Å². The second-order valence-corrected chi connectivity index (χ2v) is 4.48. The molecular weight excluding hydrogens is 176 g/mol. The van der Waals surface area contributed by atoms with Gasteiger partial charge in [-0.3, -0.25) is 0 Å². The zero-order valence-electron chi connectivity index (χ0n) is 8.97. The second kappa shape index (κ2) is 3.39. The number of hydrogen-bond acceptors (Lipinski definition) is 3. The molecule has 2 N–H and O–H groups in total. The van der Waals surface area contributed by atoms with E-state index >= 15 is 0 Å². The molecule has 1 aliphatic carbocycles. The largest absolute Gasteiger partial charge is 0.445 e. The van der Waals surface area contributed by atoms with Gasteiger partial charge in [0.2, 0.25) is 5.89 Å². The van der Waals surface area contributed by atoms with Crippen LogP contribution in [0.15, 0.2) is 4.42 Å². The Morgan fingerprint density at radius 3 is 2.79 bits per heavy atom. The van der Waals surface area contributed by atoms with Crippen molar-refractivity contribution in [1.82, 2.24) is 4.98 Å². The molecule has 0 spiro atoms. The van der Waals surface area contributed by atoms with Crippen molar-refractivity contribution in [2.24, 2.45) is 5.73 Å². The highest BCUT2D eigenvalue weighted by Crippen LogP contribution is 2.47. The molecule has 1 fully saturated rings. The molecule has 0 atom stereocenters. The standard InChI is InChI=1S/C11H18N2O/c1-8-9(4-3-7-12)14-10(13-8)11(2)5-6-11/h3-7,12H2,1-2H3. The molecule has 3 heteroatoms. The summed E-state index contributed by atoms with van der Waals surface area (Å²) in [5.74, 6) is 1.96. The minimum Gasteiger partial charge on any atom is -0.445 e. The first-order valence-corrected chi connectivity index (χ1v) is 5.32. The van der Waals surface area contributed by atoms with Crippen molar-refractivity contribution in [3.63, 3.8) is 0 Å². The highest BCUT2D eigenvalue weighted by atomic mass is 16.4. The van der Waals surface area contributed by atoms with Gasteiger partial charge in [0.15, 0.2) is 0 Å². The molecule has 0 radical (unpaired) electrons. The Hall–Kier alpha value is -0.830. The summed E-state index contributed by atoms with van der Waals surface area (Å²) in [7, 11) is 0. The van der Waals surface area contributed by atoms with Gasteiger partial charge in [-0.25, -0.2) is 4.98 Å². The maximum atomic E-state index is 5.78. The Kier molecular flexibility index (Phi) is 2.35. The zero-order valence-corrected chi connectivity index (χ0v) is 8.97. The van der Waals surface area contributed by atoms with Gasteiger partial charge in [0.25, 0.3) is 0 Å². The van der Waals surface area contributed by atoms with Crippen LogP contribution in [0.4, 0.5) is 0 Å². The SMILES string of the molecule is Cc1nc(C2(C)CC2)oc1CCCN. The van der Waals surface area contributed by atoms with Crippen molar-refractivity contribution in [3.8, 4) is 0 Å². The minimum atomic E-state index is 0.242. The third-order valence-corrected chi connectivity index (χ3v) is 3.02. The first-order chi connectivity index (χ1) is 6.65. The van der Waals surface area contributed by atoms with Crippen LogP contribution >= 0.6 is 0 Å². The van der Waals surface area contributed by atoms with Crippen LogP contribution in [0.1, 0.15) is 43.5 Å². The maximum absolute atomic E-state index is 5.78. The molecule has 0 unspecified atom stereocenters. The monoisotopic (exact) mass is 194 g/mol. The Balaban J connectivity index is 2.13. The molecule has 3 nitrogen and oxygen atoms in total. The number of nitrogens with zero attached hydrogens (tertiary/aromatic N) is 1. The molecule has 2 rings (SSSR count). The summed E-state index contributed by atoms with van der Waals surface area (Å²) in [6.07, 6.45) is 4.32. The highest BCUT2D eigenvalue weighted by Gasteiger charge is 2.44. The predicted molar refractivity (Wildman–Crippen MR) is 55.2 cm³/mol. The number of oxazole rings is 1. The van der Waals surface area contributed by atoms with Gasteiger partial charge in [-0.15, -0.1) is 0 Å². The van der Waals surface area contributed by atoms with Crippen LogP contribution in [0.5, 0.6) is 0 Å². The van der Waals surface area contributed by atoms with Crippen molar-refractivity contribution in [2.45, 2.75) is 44.9 Å². The lowest BCUT2D eigenvalue weighted by molar-refractivity contribution is 0.416. The van der Waals surface area contributed by atoms with E-state index in [0.717, 1.165) is 30.2 Å². The van der Waals surface area contributed by atoms with E-state index in [1.165, 1.54) is 12.8 Å². The smallest absolute Gasteiger partial charge is 0.200 e. The molecule has 0 aromatic carbocycles. The van der Waals surface area contributed by atoms with Gasteiger partial charge < -0.3 is 10.2 Å². The molecule has 0 bridgehead atoms. The van der Waals surface area contributed by atoms with Crippen LogP contribution in [-0.2, 0) is 11.8 Å². The van der Waals surface area contributed by atoms with Gasteiger partial charge in [0.05, 0.1) is 5.69 Å². The van der Waals surface area contributed by atoms with Crippen LogP contribution in [0.3, 0.4) is 0 Å². The summed E-state index contributed by atoms with van der Waals surface area (Å²) in [6.45, 7) is 4.95. The molecule has 78 valence electrons. The van der Waals surface area contributed by atoms with E-state index in [-0.39, 0.29) is 5.41 Å². The average Bonchev–Trinajstić information content (AvgIpc) is 2.78. The molecular formula is C11H18N2O. The van der Waals surface area contributed by atoms with E-state index in [2.05, 4.69) is 11.9 Å². The first kappa shape index (κ1) is 9.71. The van der Waals surface area contributed by atoms with E-state index in [1.54, 1.807) is 0 Å². The molecule has 0 saturated heterocycles. The minimum absolute atomic E-state index is 0.242. The predicted octanol–water partition coefficient (Wildman–Crippen LogP) is 1.93. The molecule has 1 aromatic heterocycles. The van der Waals surface area contributed by atoms with Crippen molar-refractivity contribution in [1.29, 1.82) is 0 Å². The second-order valence-electron chi connectivity index (χ2n) is 4.48. The Labute approximate surface area is 84.7 Å². The van der Waals surface area contributed by atoms with Crippen molar-refractivity contribution in [3.05, 3.63) is 17.3 Å². The highest BCUT2D eigenvalue weighted by molar-refractivity contribution is 5.18. The molecule has 1 aliphatic rings. The van der Waals surface area contributed by atoms with Crippen molar-refractivity contribution in [2.75, 3.05) is 6.54 Å². The number of aryl methyl sites for hydroxylation is 2. The quantitative estimate of drug-likeness (QED) is 0.796. The normalized spacial score (nSPS) is 18.5. The maximum Gasteiger partial charge on any atom is 0.200 e. The van der Waals surface area contributed by atoms with Gasteiger partial charge in [0, 0.05) is 11.8 Å². The number of aromatic nitrogens is 1. The summed E-state index contributed by atoms with van der Waals surface area (Å²) >= 11 is 0. The summed E-state index contributed by atoms with van der Waals surface area (Å²) in [5, 5.41) is 0. The molecule has 0 amide bonds. The van der Waals surface area contributed by atoms with E-state index in [1.807, 2.05) is 6.92 Å². The fourth-order valence-electron chi connectivity index (χ4n) is 1.58. The number of nitrogens with two attached hydrogens (primary N) is 1. The molecule has 1 heterocycles. The first-order valence-electron chi connectivity index (χ1n) is 5.32. The summed E-state index contributed by atoms with van der Waals surface area (Å²) < 4.78 is 5.78. The number of hydrogen-bond donors (Lipinski definition) is 1. The number of rotatable bonds is 4. The third kappa shape index (κ3) is 1.69. The van der Waals surface area contributed by atoms with Crippen molar-refractivity contribution >= 4 is 0 Å². The summed E-state index contributed by atoms with van der Waals surface area (Å²) in [4.78, 5) is 4.49. The van der Waals surface area contributed by atoms with E-state index in [0.29, 0.717) is 6.54 Å². The molecule has 1 saturated carbocycles. The fourth-order valence-corrected chi connectivity index (χ4v) is 1.58. The third-order valence-electron chi connectivity index (χ3n) is 3.02. The van der Waals surface area contributed by atoms with E-state index < -0.39 is 0 Å². The van der Waals surface area contributed by atoms with Gasteiger partial charge in [-0.05, 0) is 32.7 Å². The lowest BCUT2D eigenvalue weighted by Crippen LogP contribution is -2.00. The van der Waals surface area contributed by atoms with Gasteiger partial charge in [0.1, 0.15) is 5.76 Å². The Morgan fingerprint density at radius 2 is 2.21 bits per heavy atom. The Morgan fingerprint density at radius 1 is 1.50 bits per heavy atom. The Bertz CT molecular complexity index is 326. The van der Waals surface area contributed by atoms with Gasteiger partial charge in [-0.1, -0.05) is 6.92 Å². The zero-order chi connectivity index (χ0) is 10.2. The van der Waals surface area contributed by atoms with Crippen LogP contribution in [0.25, 0.3) is 0 Å². The topological polar surface area (TPSA) is 52.0 Å². The van der Waals surface area contributed by atoms with Crippen LogP contribution in [0.2, 0.25) is 0 Å². The van der Waals surface area contributed by atoms with Gasteiger partial charge >= 0.3 is 0 Å². The lowest BCUT2D eigenvalue weighted by Gasteiger charge is -2.00. The van der Waals surface area contributed by atoms with Crippen LogP contribution < -0.4 is 5.73 Å². The van der Waals surface area contributed by atoms with E-state index in [4.69, 9.17) is 10.2 Å². The van der Waals surface area contributed by atoms with E-state index in [9.17, 15) is 0 Å². The summed E-state index contributed by atoms with van der Waals surface area (Å²) in [6, 6.07) is 0. The van der Waals surface area contributed by atoms with Crippen LogP contribution in [0, 0.1) is 6.92 Å². The molecule has 0 aliphatic heterocycles. The average molecular weight is 194 g/mol. The fraction of sp³-hybridized carbons (Fsp3) is 0.727.